The molecular weight excluding hydrogens is 318 g/mol. The molecule has 2 unspecified atom stereocenters. The Bertz CT molecular complexity index is 522. The summed E-state index contributed by atoms with van der Waals surface area (Å²) in [5.74, 6) is 0.216. The summed E-state index contributed by atoms with van der Waals surface area (Å²) in [6, 6.07) is 6.81. The molecule has 0 spiro atoms. The van der Waals surface area contributed by atoms with E-state index in [0.29, 0.717) is 6.54 Å². The third-order valence-corrected chi connectivity index (χ3v) is 4.18. The molecule has 1 aromatic rings. The predicted octanol–water partition coefficient (Wildman–Crippen LogP) is 2.58. The van der Waals surface area contributed by atoms with Gasteiger partial charge in [0, 0.05) is 30.6 Å². The summed E-state index contributed by atoms with van der Waals surface area (Å²) < 4.78 is 0. The third-order valence-electron chi connectivity index (χ3n) is 4.18. The number of halogens is 1. The highest BCUT2D eigenvalue weighted by Gasteiger charge is 2.27. The van der Waals surface area contributed by atoms with Gasteiger partial charge in [0.1, 0.15) is 0 Å². The van der Waals surface area contributed by atoms with Crippen LogP contribution in [0.5, 0.6) is 0 Å². The molecule has 1 aromatic carbocycles. The maximum absolute atomic E-state index is 11.9. The summed E-state index contributed by atoms with van der Waals surface area (Å²) in [5, 5.41) is 13.5. The van der Waals surface area contributed by atoms with Crippen LogP contribution in [0.1, 0.15) is 37.7 Å². The minimum absolute atomic E-state index is 0. The molecule has 0 aromatic heterocycles. The second kappa shape index (κ2) is 9.47. The Morgan fingerprint density at radius 3 is 2.52 bits per heavy atom. The number of nitro benzene ring substituents is 1. The number of hydrogen-bond acceptors (Lipinski definition) is 4. The summed E-state index contributed by atoms with van der Waals surface area (Å²) in [4.78, 5) is 22.1. The Labute approximate surface area is 142 Å². The van der Waals surface area contributed by atoms with Gasteiger partial charge in [-0.3, -0.25) is 14.9 Å². The average Bonchev–Trinajstić information content (AvgIpc) is 2.94. The summed E-state index contributed by atoms with van der Waals surface area (Å²) >= 11 is 0. The third kappa shape index (κ3) is 6.15. The lowest BCUT2D eigenvalue weighted by Gasteiger charge is -2.10. The zero-order valence-electron chi connectivity index (χ0n) is 13.1. The number of nitrogens with zero attached hydrogens (tertiary/aromatic N) is 1. The minimum Gasteiger partial charge on any atom is -0.356 e. The molecule has 0 saturated heterocycles. The smallest absolute Gasteiger partial charge is 0.269 e. The lowest BCUT2D eigenvalue weighted by atomic mass is 10.1. The van der Waals surface area contributed by atoms with Crippen molar-refractivity contribution in [2.75, 3.05) is 6.54 Å². The van der Waals surface area contributed by atoms with E-state index in [1.54, 1.807) is 12.1 Å². The number of hydrogen-bond donors (Lipinski definition) is 2. The number of nitro groups is 1. The molecule has 1 saturated carbocycles. The Kier molecular flexibility index (Phi) is 7.98. The molecule has 7 heteroatoms. The van der Waals surface area contributed by atoms with Crippen molar-refractivity contribution < 1.29 is 9.72 Å². The molecule has 0 aliphatic heterocycles. The van der Waals surface area contributed by atoms with Gasteiger partial charge in [-0.15, -0.1) is 12.4 Å². The number of non-ortho nitro benzene ring substituents is 1. The van der Waals surface area contributed by atoms with Gasteiger partial charge in [0.15, 0.2) is 0 Å². The summed E-state index contributed by atoms with van der Waals surface area (Å²) in [5.41, 5.74) is 7.01. The minimum atomic E-state index is -0.395. The Morgan fingerprint density at radius 2 is 1.96 bits per heavy atom. The van der Waals surface area contributed by atoms with E-state index >= 15 is 0 Å². The van der Waals surface area contributed by atoms with E-state index in [1.165, 1.54) is 12.1 Å². The second-order valence-electron chi connectivity index (χ2n) is 5.94. The van der Waals surface area contributed by atoms with Crippen LogP contribution >= 0.6 is 12.4 Å². The Hall–Kier alpha value is -1.66. The van der Waals surface area contributed by atoms with Gasteiger partial charge in [0.2, 0.25) is 5.91 Å². The normalized spacial score (nSPS) is 19.9. The summed E-state index contributed by atoms with van der Waals surface area (Å²) in [6.07, 6.45) is 5.36. The van der Waals surface area contributed by atoms with E-state index in [-0.39, 0.29) is 36.0 Å². The molecule has 1 fully saturated rings. The van der Waals surface area contributed by atoms with Crippen molar-refractivity contribution in [3.05, 3.63) is 39.9 Å². The van der Waals surface area contributed by atoms with Crippen LogP contribution in [-0.2, 0) is 11.2 Å². The number of unbranched alkanes of at least 4 members (excludes halogenated alkanes) is 1. The first-order valence-corrected chi connectivity index (χ1v) is 7.83. The molecule has 1 aliphatic rings. The zero-order valence-corrected chi connectivity index (χ0v) is 13.9. The van der Waals surface area contributed by atoms with Gasteiger partial charge in [-0.05, 0) is 44.1 Å². The van der Waals surface area contributed by atoms with Crippen molar-refractivity contribution in [1.29, 1.82) is 0 Å². The molecule has 1 amide bonds. The molecule has 1 aliphatic carbocycles. The topological polar surface area (TPSA) is 98.3 Å². The SMILES string of the molecule is Cl.NC1CCC(C(=O)NCCCCc2ccc([N+](=O)[O-])cc2)C1. The van der Waals surface area contributed by atoms with E-state index in [0.717, 1.165) is 44.1 Å². The molecule has 23 heavy (non-hydrogen) atoms. The first kappa shape index (κ1) is 19.4. The highest BCUT2D eigenvalue weighted by Crippen LogP contribution is 2.24. The van der Waals surface area contributed by atoms with E-state index in [4.69, 9.17) is 5.73 Å². The van der Waals surface area contributed by atoms with Crippen LogP contribution < -0.4 is 11.1 Å². The van der Waals surface area contributed by atoms with Crippen molar-refractivity contribution in [1.82, 2.24) is 5.32 Å². The van der Waals surface area contributed by atoms with Gasteiger partial charge in [0.25, 0.3) is 5.69 Å². The van der Waals surface area contributed by atoms with E-state index in [1.807, 2.05) is 0 Å². The van der Waals surface area contributed by atoms with Crippen molar-refractivity contribution in [3.63, 3.8) is 0 Å². The van der Waals surface area contributed by atoms with Crippen LogP contribution in [0.25, 0.3) is 0 Å². The molecule has 0 bridgehead atoms. The molecule has 128 valence electrons. The molecule has 6 nitrogen and oxygen atoms in total. The average molecular weight is 342 g/mol. The molecule has 3 N–H and O–H groups in total. The molecule has 2 rings (SSSR count). The standard InChI is InChI=1S/C16H23N3O3.ClH/c17-14-7-6-13(11-14)16(20)18-10-2-1-3-12-4-8-15(9-5-12)19(21)22;/h4-5,8-9,13-14H,1-3,6-7,10-11,17H2,(H,18,20);1H. The fourth-order valence-corrected chi connectivity index (χ4v) is 2.85. The Morgan fingerprint density at radius 1 is 1.26 bits per heavy atom. The maximum Gasteiger partial charge on any atom is 0.269 e. The van der Waals surface area contributed by atoms with E-state index in [2.05, 4.69) is 5.32 Å². The van der Waals surface area contributed by atoms with Crippen molar-refractivity contribution in [2.45, 2.75) is 44.6 Å². The first-order chi connectivity index (χ1) is 10.6. The fourth-order valence-electron chi connectivity index (χ4n) is 2.85. The summed E-state index contributed by atoms with van der Waals surface area (Å²) in [6.45, 7) is 0.678. The van der Waals surface area contributed by atoms with Crippen LogP contribution in [0.4, 0.5) is 5.69 Å². The highest BCUT2D eigenvalue weighted by molar-refractivity contribution is 5.85. The Balaban J connectivity index is 0.00000264. The van der Waals surface area contributed by atoms with Crippen LogP contribution in [-0.4, -0.2) is 23.4 Å². The molecule has 0 heterocycles. The van der Waals surface area contributed by atoms with Gasteiger partial charge in [0.05, 0.1) is 4.92 Å². The number of carbonyl (C=O) groups is 1. The number of nitrogens with one attached hydrogen (secondary N) is 1. The molecular formula is C16H24ClN3O3. The number of carbonyl (C=O) groups excluding carboxylic acids is 1. The van der Waals surface area contributed by atoms with E-state index in [9.17, 15) is 14.9 Å². The van der Waals surface area contributed by atoms with Gasteiger partial charge >= 0.3 is 0 Å². The first-order valence-electron chi connectivity index (χ1n) is 7.83. The number of nitrogens with two attached hydrogens (primary N) is 1. The van der Waals surface area contributed by atoms with Crippen LogP contribution in [0.15, 0.2) is 24.3 Å². The highest BCUT2D eigenvalue weighted by atomic mass is 35.5. The van der Waals surface area contributed by atoms with Gasteiger partial charge in [-0.2, -0.15) is 0 Å². The second-order valence-corrected chi connectivity index (χ2v) is 5.94. The van der Waals surface area contributed by atoms with Crippen molar-refractivity contribution in [3.8, 4) is 0 Å². The van der Waals surface area contributed by atoms with Crippen LogP contribution in [0, 0.1) is 16.0 Å². The fraction of sp³-hybridized carbons (Fsp3) is 0.562. The molecule has 2 atom stereocenters. The predicted molar refractivity (Wildman–Crippen MR) is 91.6 cm³/mol. The number of rotatable bonds is 7. The van der Waals surface area contributed by atoms with E-state index < -0.39 is 4.92 Å². The monoisotopic (exact) mass is 341 g/mol. The summed E-state index contributed by atoms with van der Waals surface area (Å²) in [7, 11) is 0. The van der Waals surface area contributed by atoms with Crippen LogP contribution in [0.2, 0.25) is 0 Å². The zero-order chi connectivity index (χ0) is 15.9. The lowest BCUT2D eigenvalue weighted by molar-refractivity contribution is -0.384. The lowest BCUT2D eigenvalue weighted by Crippen LogP contribution is -2.31. The van der Waals surface area contributed by atoms with Gasteiger partial charge in [-0.1, -0.05) is 12.1 Å². The number of amides is 1. The van der Waals surface area contributed by atoms with Gasteiger partial charge in [-0.25, -0.2) is 0 Å². The van der Waals surface area contributed by atoms with Crippen molar-refractivity contribution >= 4 is 24.0 Å². The largest absolute Gasteiger partial charge is 0.356 e. The van der Waals surface area contributed by atoms with Crippen LogP contribution in [0.3, 0.4) is 0 Å². The molecule has 0 radical (unpaired) electrons. The van der Waals surface area contributed by atoms with Gasteiger partial charge < -0.3 is 11.1 Å². The van der Waals surface area contributed by atoms with Crippen molar-refractivity contribution in [2.24, 2.45) is 11.7 Å². The quantitative estimate of drug-likeness (QED) is 0.452. The maximum atomic E-state index is 11.9. The number of benzene rings is 1. The number of aryl methyl sites for hydroxylation is 1.